The Hall–Kier alpha value is -3.27. The lowest BCUT2D eigenvalue weighted by atomic mass is 10.0. The molecule has 3 aliphatic rings. The van der Waals surface area contributed by atoms with Gasteiger partial charge < -0.3 is 20.9 Å². The van der Waals surface area contributed by atoms with Crippen molar-refractivity contribution in [1.29, 1.82) is 0 Å². The van der Waals surface area contributed by atoms with Crippen molar-refractivity contribution >= 4 is 28.7 Å². The zero-order valence-electron chi connectivity index (χ0n) is 15.8. The van der Waals surface area contributed by atoms with E-state index >= 15 is 0 Å². The predicted octanol–water partition coefficient (Wildman–Crippen LogP) is 1.38. The minimum Gasteiger partial charge on any atom is -0.381 e. The number of anilines is 3. The second-order valence-corrected chi connectivity index (χ2v) is 7.41. The van der Waals surface area contributed by atoms with E-state index in [1.807, 2.05) is 6.07 Å². The van der Waals surface area contributed by atoms with Gasteiger partial charge in [-0.15, -0.1) is 5.10 Å². The standard InChI is InChI=1S/C19H21FN8O/c20-12-9-23-18-16(17(21)25-28(18)11-12)19(29)24-14-10-22-4-1-15(14)27-8-7-26-5-2-13(27)3-6-26/h1,4,9-11,13H,2-3,5-8H2,(H2,21,25)(H,24,29). The van der Waals surface area contributed by atoms with E-state index in [1.54, 1.807) is 12.4 Å². The summed E-state index contributed by atoms with van der Waals surface area (Å²) in [6.07, 6.45) is 7.74. The van der Waals surface area contributed by atoms with Crippen LogP contribution in [0.3, 0.4) is 0 Å². The molecular weight excluding hydrogens is 375 g/mol. The summed E-state index contributed by atoms with van der Waals surface area (Å²) in [5, 5.41) is 6.90. The van der Waals surface area contributed by atoms with Gasteiger partial charge in [0.1, 0.15) is 5.56 Å². The summed E-state index contributed by atoms with van der Waals surface area (Å²) < 4.78 is 14.6. The topological polar surface area (TPSA) is 105 Å². The van der Waals surface area contributed by atoms with Crippen molar-refractivity contribution in [2.75, 3.05) is 42.1 Å². The third-order valence-corrected chi connectivity index (χ3v) is 5.71. The van der Waals surface area contributed by atoms with Crippen LogP contribution in [0.5, 0.6) is 0 Å². The number of piperidine rings is 1. The summed E-state index contributed by atoms with van der Waals surface area (Å²) in [6.45, 7) is 4.12. The maximum Gasteiger partial charge on any atom is 0.263 e. The molecular formula is C19H21FN8O. The van der Waals surface area contributed by atoms with Gasteiger partial charge in [-0.25, -0.2) is 13.9 Å². The molecule has 0 aromatic carbocycles. The number of rotatable bonds is 3. The van der Waals surface area contributed by atoms with Crippen molar-refractivity contribution in [3.63, 3.8) is 0 Å². The summed E-state index contributed by atoms with van der Waals surface area (Å²) in [7, 11) is 0. The highest BCUT2D eigenvalue weighted by Crippen LogP contribution is 2.32. The number of halogens is 1. The van der Waals surface area contributed by atoms with Gasteiger partial charge in [0, 0.05) is 38.4 Å². The zero-order valence-corrected chi connectivity index (χ0v) is 15.8. The molecule has 2 bridgehead atoms. The minimum atomic E-state index is -0.562. The Bertz CT molecular complexity index is 1080. The quantitative estimate of drug-likeness (QED) is 0.689. The minimum absolute atomic E-state index is 0.00718. The molecule has 0 spiro atoms. The van der Waals surface area contributed by atoms with Gasteiger partial charge in [-0.05, 0) is 18.9 Å². The molecule has 0 aliphatic carbocycles. The molecule has 0 unspecified atom stereocenters. The first-order valence-electron chi connectivity index (χ1n) is 9.64. The fraction of sp³-hybridized carbons (Fsp3) is 0.368. The molecule has 3 aliphatic heterocycles. The second-order valence-electron chi connectivity index (χ2n) is 7.41. The van der Waals surface area contributed by atoms with Crippen LogP contribution in [-0.4, -0.2) is 62.6 Å². The van der Waals surface area contributed by atoms with Gasteiger partial charge in [0.25, 0.3) is 5.91 Å². The van der Waals surface area contributed by atoms with Crippen molar-refractivity contribution in [1.82, 2.24) is 24.5 Å². The van der Waals surface area contributed by atoms with E-state index in [1.165, 1.54) is 4.52 Å². The molecule has 10 heteroatoms. The van der Waals surface area contributed by atoms with E-state index < -0.39 is 11.7 Å². The summed E-state index contributed by atoms with van der Waals surface area (Å²) in [5.41, 5.74) is 7.79. The van der Waals surface area contributed by atoms with Crippen molar-refractivity contribution < 1.29 is 9.18 Å². The normalized spacial score (nSPS) is 21.3. The van der Waals surface area contributed by atoms with Crippen molar-refractivity contribution in [2.45, 2.75) is 18.9 Å². The molecule has 150 valence electrons. The second kappa shape index (κ2) is 6.96. The van der Waals surface area contributed by atoms with Crippen LogP contribution in [0, 0.1) is 5.82 Å². The lowest BCUT2D eigenvalue weighted by Gasteiger charge is -2.34. The van der Waals surface area contributed by atoms with E-state index in [0.717, 1.165) is 57.1 Å². The van der Waals surface area contributed by atoms with Crippen LogP contribution in [0.25, 0.3) is 5.65 Å². The van der Waals surface area contributed by atoms with Gasteiger partial charge in [0.15, 0.2) is 17.3 Å². The summed E-state index contributed by atoms with van der Waals surface area (Å²) >= 11 is 0. The van der Waals surface area contributed by atoms with Gasteiger partial charge in [0.05, 0.1) is 30.0 Å². The van der Waals surface area contributed by atoms with Crippen molar-refractivity contribution in [3.05, 3.63) is 42.2 Å². The number of aromatic nitrogens is 4. The first kappa shape index (κ1) is 17.8. The molecule has 1 amide bonds. The maximum absolute atomic E-state index is 13.4. The summed E-state index contributed by atoms with van der Waals surface area (Å²) in [6, 6.07) is 2.37. The number of fused-ring (bicyclic) bond motifs is 5. The number of pyridine rings is 1. The highest BCUT2D eigenvalue weighted by atomic mass is 19.1. The third-order valence-electron chi connectivity index (χ3n) is 5.71. The molecule has 3 N–H and O–H groups in total. The number of nitrogens with zero attached hydrogens (tertiary/aromatic N) is 6. The van der Waals surface area contributed by atoms with Gasteiger partial charge in [-0.2, -0.15) is 0 Å². The Kier molecular flexibility index (Phi) is 4.27. The van der Waals surface area contributed by atoms with Gasteiger partial charge in [-0.1, -0.05) is 0 Å². The Labute approximate surface area is 166 Å². The fourth-order valence-electron chi connectivity index (χ4n) is 4.27. The molecule has 6 rings (SSSR count). The highest BCUT2D eigenvalue weighted by Gasteiger charge is 2.31. The predicted molar refractivity (Wildman–Crippen MR) is 106 cm³/mol. The first-order chi connectivity index (χ1) is 14.1. The van der Waals surface area contributed by atoms with Crippen molar-refractivity contribution in [3.8, 4) is 0 Å². The van der Waals surface area contributed by atoms with E-state index in [2.05, 4.69) is 30.2 Å². The highest BCUT2D eigenvalue weighted by molar-refractivity contribution is 6.12. The lowest BCUT2D eigenvalue weighted by molar-refractivity contribution is 0.102. The molecule has 6 heterocycles. The molecule has 0 saturated carbocycles. The molecule has 3 fully saturated rings. The largest absolute Gasteiger partial charge is 0.381 e. The number of amides is 1. The van der Waals surface area contributed by atoms with E-state index in [0.29, 0.717) is 11.7 Å². The summed E-state index contributed by atoms with van der Waals surface area (Å²) in [5.74, 6) is -1.02. The SMILES string of the molecule is Nc1nn2cc(F)cnc2c1C(=O)Nc1cnccc1N1CCN2CCC1CC2. The molecule has 3 aromatic rings. The Morgan fingerprint density at radius 3 is 2.86 bits per heavy atom. The summed E-state index contributed by atoms with van der Waals surface area (Å²) in [4.78, 5) is 26.0. The third kappa shape index (κ3) is 3.15. The number of carbonyl (C=O) groups is 1. The number of nitrogen functional groups attached to an aromatic ring is 1. The van der Waals surface area contributed by atoms with Crippen LogP contribution in [-0.2, 0) is 0 Å². The zero-order chi connectivity index (χ0) is 20.0. The Balaban J connectivity index is 1.47. The molecule has 9 nitrogen and oxygen atoms in total. The van der Waals surface area contributed by atoms with Gasteiger partial charge >= 0.3 is 0 Å². The van der Waals surface area contributed by atoms with Crippen molar-refractivity contribution in [2.24, 2.45) is 0 Å². The number of nitrogens with two attached hydrogens (primary N) is 1. The van der Waals surface area contributed by atoms with Crippen LogP contribution in [0.4, 0.5) is 21.6 Å². The number of hydrogen-bond donors (Lipinski definition) is 2. The van der Waals surface area contributed by atoms with Gasteiger partial charge in [-0.3, -0.25) is 9.78 Å². The molecule has 29 heavy (non-hydrogen) atoms. The van der Waals surface area contributed by atoms with Crippen LogP contribution in [0.2, 0.25) is 0 Å². The monoisotopic (exact) mass is 396 g/mol. The van der Waals surface area contributed by atoms with Crippen LogP contribution >= 0.6 is 0 Å². The maximum atomic E-state index is 13.4. The molecule has 3 aromatic heterocycles. The van der Waals surface area contributed by atoms with E-state index in [-0.39, 0.29) is 17.0 Å². The Morgan fingerprint density at radius 2 is 2.03 bits per heavy atom. The van der Waals surface area contributed by atoms with Crippen LogP contribution in [0.1, 0.15) is 23.2 Å². The molecule has 3 saturated heterocycles. The Morgan fingerprint density at radius 1 is 1.21 bits per heavy atom. The van der Waals surface area contributed by atoms with Crippen LogP contribution in [0.15, 0.2) is 30.9 Å². The average Bonchev–Trinajstić information content (AvgIpc) is 2.85. The molecule has 0 radical (unpaired) electrons. The lowest BCUT2D eigenvalue weighted by Crippen LogP contribution is -2.38. The first-order valence-corrected chi connectivity index (χ1v) is 9.64. The van der Waals surface area contributed by atoms with E-state index in [9.17, 15) is 9.18 Å². The number of nitrogens with one attached hydrogen (secondary N) is 1. The molecule has 0 atom stereocenters. The average molecular weight is 396 g/mol. The smallest absolute Gasteiger partial charge is 0.263 e. The number of carbonyl (C=O) groups excluding carboxylic acids is 1. The van der Waals surface area contributed by atoms with Gasteiger partial charge in [0.2, 0.25) is 0 Å². The van der Waals surface area contributed by atoms with E-state index in [4.69, 9.17) is 5.73 Å². The fourth-order valence-corrected chi connectivity index (χ4v) is 4.27. The van der Waals surface area contributed by atoms with Crippen LogP contribution < -0.4 is 16.0 Å². The number of hydrogen-bond acceptors (Lipinski definition) is 7.